The number of piperidine rings is 1. The fourth-order valence-electron chi connectivity index (χ4n) is 4.61. The van der Waals surface area contributed by atoms with Gasteiger partial charge in [0.05, 0.1) is 16.9 Å². The van der Waals surface area contributed by atoms with E-state index in [1.165, 1.54) is 5.69 Å². The standard InChI is InChI=1S/C27H40ClN7O2/c1-26(2,3)37-25(36)32-27(4)10-12-34(13-11-27)19-23-22(28)18-29-24(31-23)30-20-6-8-21(9-7-20)35-16-14-33(5)15-17-35/h6-9,18H,10-17,19H2,1-5H3,(H,32,36)(H,29,30,31). The van der Waals surface area contributed by atoms with Gasteiger partial charge < -0.3 is 25.2 Å². The van der Waals surface area contributed by atoms with Gasteiger partial charge >= 0.3 is 6.09 Å². The third-order valence-electron chi connectivity index (χ3n) is 6.94. The highest BCUT2D eigenvalue weighted by molar-refractivity contribution is 6.31. The molecule has 10 heteroatoms. The van der Waals surface area contributed by atoms with Crippen molar-refractivity contribution in [3.05, 3.63) is 41.2 Å². The fraction of sp³-hybridized carbons (Fsp3) is 0.593. The van der Waals surface area contributed by atoms with Gasteiger partial charge in [0.1, 0.15) is 5.60 Å². The molecule has 2 N–H and O–H groups in total. The predicted octanol–water partition coefficient (Wildman–Crippen LogP) is 4.50. The zero-order chi connectivity index (χ0) is 26.6. The number of rotatable bonds is 6. The smallest absolute Gasteiger partial charge is 0.408 e. The van der Waals surface area contributed by atoms with Crippen LogP contribution in [-0.2, 0) is 11.3 Å². The third-order valence-corrected chi connectivity index (χ3v) is 7.26. The molecule has 2 saturated heterocycles. The molecule has 0 unspecified atom stereocenters. The molecular weight excluding hydrogens is 490 g/mol. The van der Waals surface area contributed by atoms with Crippen LogP contribution in [-0.4, -0.2) is 83.3 Å². The van der Waals surface area contributed by atoms with Crippen LogP contribution in [0.1, 0.15) is 46.2 Å². The summed E-state index contributed by atoms with van der Waals surface area (Å²) in [6.45, 7) is 14.2. The van der Waals surface area contributed by atoms with Crippen LogP contribution >= 0.6 is 11.6 Å². The van der Waals surface area contributed by atoms with Crippen molar-refractivity contribution in [2.24, 2.45) is 0 Å². The van der Waals surface area contributed by atoms with Crippen molar-refractivity contribution in [2.75, 3.05) is 56.5 Å². The Bertz CT molecular complexity index is 1060. The highest BCUT2D eigenvalue weighted by Crippen LogP contribution is 2.26. The van der Waals surface area contributed by atoms with E-state index in [-0.39, 0.29) is 11.6 Å². The van der Waals surface area contributed by atoms with Crippen molar-refractivity contribution in [3.63, 3.8) is 0 Å². The molecule has 1 aromatic carbocycles. The SMILES string of the molecule is CN1CCN(c2ccc(Nc3ncc(Cl)c(CN4CCC(C)(NC(=O)OC(C)(C)C)CC4)n3)cc2)CC1. The molecule has 37 heavy (non-hydrogen) atoms. The van der Waals surface area contributed by atoms with Crippen molar-refractivity contribution in [2.45, 2.75) is 58.2 Å². The summed E-state index contributed by atoms with van der Waals surface area (Å²) in [4.78, 5) is 28.4. The number of amides is 1. The number of likely N-dealkylation sites (N-methyl/N-ethyl adjacent to an activating group) is 1. The Morgan fingerprint density at radius 1 is 1.08 bits per heavy atom. The van der Waals surface area contributed by atoms with Crippen LogP contribution in [0.3, 0.4) is 0 Å². The maximum Gasteiger partial charge on any atom is 0.408 e. The van der Waals surface area contributed by atoms with E-state index < -0.39 is 5.60 Å². The van der Waals surface area contributed by atoms with Crippen molar-refractivity contribution in [1.82, 2.24) is 25.1 Å². The van der Waals surface area contributed by atoms with Crippen molar-refractivity contribution < 1.29 is 9.53 Å². The van der Waals surface area contributed by atoms with Gasteiger partial charge in [0.15, 0.2) is 0 Å². The van der Waals surface area contributed by atoms with Crippen LogP contribution in [0.2, 0.25) is 5.02 Å². The lowest BCUT2D eigenvalue weighted by atomic mass is 9.89. The molecular formula is C27H40ClN7O2. The molecule has 0 aliphatic carbocycles. The number of ether oxygens (including phenoxy) is 1. The Balaban J connectivity index is 1.31. The number of carbonyl (C=O) groups is 1. The number of halogens is 1. The van der Waals surface area contributed by atoms with Gasteiger partial charge in [-0.25, -0.2) is 14.8 Å². The minimum Gasteiger partial charge on any atom is -0.444 e. The molecule has 0 bridgehead atoms. The monoisotopic (exact) mass is 529 g/mol. The van der Waals surface area contributed by atoms with Gasteiger partial charge in [-0.2, -0.15) is 0 Å². The van der Waals surface area contributed by atoms with Gasteiger partial charge in [0, 0.05) is 62.7 Å². The molecule has 0 spiro atoms. The molecule has 202 valence electrons. The lowest BCUT2D eigenvalue weighted by molar-refractivity contribution is 0.0401. The summed E-state index contributed by atoms with van der Waals surface area (Å²) in [6, 6.07) is 8.41. The maximum atomic E-state index is 12.3. The van der Waals surface area contributed by atoms with Crippen LogP contribution in [0, 0.1) is 0 Å². The first-order chi connectivity index (χ1) is 17.5. The van der Waals surface area contributed by atoms with E-state index in [4.69, 9.17) is 21.3 Å². The van der Waals surface area contributed by atoms with Gasteiger partial charge in [0.25, 0.3) is 0 Å². The Hall–Kier alpha value is -2.62. The van der Waals surface area contributed by atoms with Gasteiger partial charge in [0.2, 0.25) is 5.95 Å². The number of hydrogen-bond acceptors (Lipinski definition) is 8. The van der Waals surface area contributed by atoms with Crippen LogP contribution in [0.4, 0.5) is 22.1 Å². The van der Waals surface area contributed by atoms with Crippen molar-refractivity contribution >= 4 is 35.0 Å². The number of nitrogens with zero attached hydrogens (tertiary/aromatic N) is 5. The summed E-state index contributed by atoms with van der Waals surface area (Å²) in [5.41, 5.74) is 2.15. The number of likely N-dealkylation sites (tertiary alicyclic amines) is 1. The van der Waals surface area contributed by atoms with Crippen LogP contribution in [0.15, 0.2) is 30.5 Å². The minimum atomic E-state index is -0.511. The number of benzene rings is 1. The molecule has 0 radical (unpaired) electrons. The normalized spacial score (nSPS) is 18.9. The summed E-state index contributed by atoms with van der Waals surface area (Å²) in [5.74, 6) is 0.528. The van der Waals surface area contributed by atoms with E-state index in [2.05, 4.69) is 68.6 Å². The lowest BCUT2D eigenvalue weighted by Gasteiger charge is -2.40. The second kappa shape index (κ2) is 11.4. The molecule has 0 saturated carbocycles. The summed E-state index contributed by atoms with van der Waals surface area (Å²) >= 11 is 6.46. The Morgan fingerprint density at radius 2 is 1.73 bits per heavy atom. The number of anilines is 3. The molecule has 2 aliphatic rings. The average Bonchev–Trinajstić information content (AvgIpc) is 2.82. The number of hydrogen-bond donors (Lipinski definition) is 2. The number of piperazine rings is 1. The van der Waals surface area contributed by atoms with E-state index in [9.17, 15) is 4.79 Å². The molecule has 4 rings (SSSR count). The van der Waals surface area contributed by atoms with Crippen molar-refractivity contribution in [3.8, 4) is 0 Å². The number of carbonyl (C=O) groups excluding carboxylic acids is 1. The van der Waals surface area contributed by atoms with Gasteiger partial charge in [-0.05, 0) is 71.8 Å². The zero-order valence-corrected chi connectivity index (χ0v) is 23.4. The van der Waals surface area contributed by atoms with Crippen LogP contribution in [0.5, 0.6) is 0 Å². The first kappa shape index (κ1) is 27.4. The fourth-order valence-corrected chi connectivity index (χ4v) is 4.77. The maximum absolute atomic E-state index is 12.3. The van der Waals surface area contributed by atoms with Gasteiger partial charge in [-0.15, -0.1) is 0 Å². The summed E-state index contributed by atoms with van der Waals surface area (Å²) in [5, 5.41) is 6.92. The summed E-state index contributed by atoms with van der Waals surface area (Å²) < 4.78 is 5.44. The first-order valence-electron chi connectivity index (χ1n) is 13.0. The molecule has 2 aliphatic heterocycles. The Morgan fingerprint density at radius 3 is 2.35 bits per heavy atom. The minimum absolute atomic E-state index is 0.294. The van der Waals surface area contributed by atoms with E-state index >= 15 is 0 Å². The molecule has 1 amide bonds. The number of nitrogens with one attached hydrogen (secondary N) is 2. The van der Waals surface area contributed by atoms with E-state index in [1.807, 2.05) is 20.8 Å². The highest BCUT2D eigenvalue weighted by Gasteiger charge is 2.33. The van der Waals surface area contributed by atoms with Crippen molar-refractivity contribution in [1.29, 1.82) is 0 Å². The summed E-state index contributed by atoms with van der Waals surface area (Å²) in [6.07, 6.45) is 2.93. The quantitative estimate of drug-likeness (QED) is 0.565. The number of alkyl carbamates (subject to hydrolysis) is 1. The van der Waals surface area contributed by atoms with E-state index in [0.717, 1.165) is 63.5 Å². The molecule has 2 fully saturated rings. The Labute approximate surface area is 225 Å². The molecule has 1 aromatic heterocycles. The predicted molar refractivity (Wildman–Crippen MR) is 149 cm³/mol. The third kappa shape index (κ3) is 7.93. The first-order valence-corrected chi connectivity index (χ1v) is 13.4. The zero-order valence-electron chi connectivity index (χ0n) is 22.7. The van der Waals surface area contributed by atoms with Gasteiger partial charge in [-0.1, -0.05) is 11.6 Å². The number of aromatic nitrogens is 2. The molecule has 3 heterocycles. The van der Waals surface area contributed by atoms with Gasteiger partial charge in [-0.3, -0.25) is 4.90 Å². The average molecular weight is 530 g/mol. The topological polar surface area (TPSA) is 85.9 Å². The second-order valence-electron chi connectivity index (χ2n) is 11.4. The van der Waals surface area contributed by atoms with Crippen LogP contribution in [0.25, 0.3) is 0 Å². The molecule has 0 atom stereocenters. The molecule has 9 nitrogen and oxygen atoms in total. The highest BCUT2D eigenvalue weighted by atomic mass is 35.5. The molecule has 2 aromatic rings. The Kier molecular flexibility index (Phi) is 8.46. The summed E-state index contributed by atoms with van der Waals surface area (Å²) in [7, 11) is 2.16. The lowest BCUT2D eigenvalue weighted by Crippen LogP contribution is -2.54. The van der Waals surface area contributed by atoms with E-state index in [1.54, 1.807) is 6.20 Å². The van der Waals surface area contributed by atoms with Crippen LogP contribution < -0.4 is 15.5 Å². The van der Waals surface area contributed by atoms with E-state index in [0.29, 0.717) is 17.5 Å². The second-order valence-corrected chi connectivity index (χ2v) is 11.8. The largest absolute Gasteiger partial charge is 0.444 e.